The third kappa shape index (κ3) is 3.52. The maximum atomic E-state index is 12.0. The highest BCUT2D eigenvalue weighted by molar-refractivity contribution is 6.64. The molecular weight excluding hydrogens is 338 g/mol. The van der Waals surface area contributed by atoms with Crippen LogP contribution in [0.25, 0.3) is 11.1 Å². The van der Waals surface area contributed by atoms with Crippen molar-refractivity contribution in [3.8, 4) is 23.5 Å². The number of halogens is 1. The average Bonchev–Trinajstić information content (AvgIpc) is 2.93. The quantitative estimate of drug-likeness (QED) is 0.659. The lowest BCUT2D eigenvalue weighted by molar-refractivity contribution is -0.113. The molecule has 0 saturated carbocycles. The Kier molecular flexibility index (Phi) is 5.06. The van der Waals surface area contributed by atoms with Crippen molar-refractivity contribution in [2.75, 3.05) is 6.61 Å². The van der Waals surface area contributed by atoms with Gasteiger partial charge in [-0.15, -0.1) is 12.3 Å². The molecule has 25 heavy (non-hydrogen) atoms. The summed E-state index contributed by atoms with van der Waals surface area (Å²) >= 11 is 5.42. The first kappa shape index (κ1) is 17.1. The van der Waals surface area contributed by atoms with Crippen LogP contribution in [0.1, 0.15) is 23.5 Å². The van der Waals surface area contributed by atoms with Gasteiger partial charge >= 0.3 is 6.09 Å². The molecule has 3 rings (SSSR count). The van der Waals surface area contributed by atoms with Gasteiger partial charge < -0.3 is 10.1 Å². The van der Waals surface area contributed by atoms with E-state index in [0.717, 1.165) is 22.3 Å². The molecule has 2 aromatic rings. The van der Waals surface area contributed by atoms with E-state index in [9.17, 15) is 9.59 Å². The van der Waals surface area contributed by atoms with Gasteiger partial charge in [-0.1, -0.05) is 48.5 Å². The minimum Gasteiger partial charge on any atom is -0.449 e. The Bertz CT molecular complexity index is 811. The number of fused-ring (bicyclic) bond motifs is 3. The van der Waals surface area contributed by atoms with Crippen LogP contribution in [0.2, 0.25) is 0 Å². The predicted molar refractivity (Wildman–Crippen MR) is 96.3 cm³/mol. The SMILES string of the molecule is C#CC[C@H](NC(=O)OCC1c2ccccc2-c2ccccc21)C(=O)Cl. The molecule has 0 radical (unpaired) electrons. The number of terminal acetylenes is 1. The Morgan fingerprint density at radius 3 is 2.20 bits per heavy atom. The summed E-state index contributed by atoms with van der Waals surface area (Å²) in [5, 5.41) is 1.69. The van der Waals surface area contributed by atoms with Gasteiger partial charge in [0.25, 0.3) is 0 Å². The van der Waals surface area contributed by atoms with Crippen LogP contribution in [-0.2, 0) is 9.53 Å². The van der Waals surface area contributed by atoms with Crippen LogP contribution in [0.15, 0.2) is 48.5 Å². The number of amides is 1. The van der Waals surface area contributed by atoms with E-state index in [4.69, 9.17) is 22.8 Å². The molecule has 0 aromatic heterocycles. The Morgan fingerprint density at radius 1 is 1.12 bits per heavy atom. The van der Waals surface area contributed by atoms with Gasteiger partial charge in [-0.25, -0.2) is 4.79 Å². The van der Waals surface area contributed by atoms with Crippen LogP contribution in [0, 0.1) is 12.3 Å². The number of hydrogen-bond donors (Lipinski definition) is 1. The second-order valence-corrected chi connectivity index (χ2v) is 6.11. The molecule has 126 valence electrons. The summed E-state index contributed by atoms with van der Waals surface area (Å²) in [5.41, 5.74) is 4.52. The maximum absolute atomic E-state index is 12.0. The summed E-state index contributed by atoms with van der Waals surface area (Å²) in [6.45, 7) is 0.166. The summed E-state index contributed by atoms with van der Waals surface area (Å²) in [4.78, 5) is 23.3. The highest BCUT2D eigenvalue weighted by atomic mass is 35.5. The first-order chi connectivity index (χ1) is 12.1. The molecule has 1 amide bonds. The number of benzene rings is 2. The number of rotatable bonds is 5. The molecule has 2 aromatic carbocycles. The zero-order chi connectivity index (χ0) is 17.8. The molecule has 1 aliphatic rings. The van der Waals surface area contributed by atoms with Gasteiger partial charge in [-0.2, -0.15) is 0 Å². The highest BCUT2D eigenvalue weighted by Crippen LogP contribution is 2.44. The minimum absolute atomic E-state index is 0.0204. The predicted octanol–water partition coefficient (Wildman–Crippen LogP) is 3.68. The molecule has 0 unspecified atom stereocenters. The van der Waals surface area contributed by atoms with Gasteiger partial charge in [0.2, 0.25) is 5.24 Å². The molecule has 0 fully saturated rings. The smallest absolute Gasteiger partial charge is 0.407 e. The van der Waals surface area contributed by atoms with Crippen LogP contribution < -0.4 is 5.32 Å². The van der Waals surface area contributed by atoms with Crippen LogP contribution in [-0.4, -0.2) is 24.0 Å². The molecule has 0 bridgehead atoms. The van der Waals surface area contributed by atoms with Crippen LogP contribution >= 0.6 is 11.6 Å². The summed E-state index contributed by atoms with van der Waals surface area (Å²) < 4.78 is 5.34. The fraction of sp³-hybridized carbons (Fsp3) is 0.200. The van der Waals surface area contributed by atoms with Crippen molar-refractivity contribution < 1.29 is 14.3 Å². The van der Waals surface area contributed by atoms with Crippen molar-refractivity contribution in [3.63, 3.8) is 0 Å². The summed E-state index contributed by atoms with van der Waals surface area (Å²) in [6, 6.07) is 15.1. The second kappa shape index (κ2) is 7.42. The minimum atomic E-state index is -0.942. The highest BCUT2D eigenvalue weighted by Gasteiger charge is 2.29. The molecule has 0 saturated heterocycles. The van der Waals surface area contributed by atoms with Crippen molar-refractivity contribution in [3.05, 3.63) is 59.7 Å². The van der Waals surface area contributed by atoms with Crippen molar-refractivity contribution in [2.24, 2.45) is 0 Å². The van der Waals surface area contributed by atoms with Gasteiger partial charge in [0, 0.05) is 12.3 Å². The molecule has 0 aliphatic heterocycles. The first-order valence-electron chi connectivity index (χ1n) is 7.86. The van der Waals surface area contributed by atoms with Gasteiger partial charge in [0.05, 0.1) is 0 Å². The van der Waals surface area contributed by atoms with E-state index in [0.29, 0.717) is 0 Å². The zero-order valence-corrected chi connectivity index (χ0v) is 14.1. The van der Waals surface area contributed by atoms with Crippen LogP contribution in [0.3, 0.4) is 0 Å². The van der Waals surface area contributed by atoms with Gasteiger partial charge in [-0.05, 0) is 33.9 Å². The maximum Gasteiger partial charge on any atom is 0.407 e. The lowest BCUT2D eigenvalue weighted by atomic mass is 9.98. The van der Waals surface area contributed by atoms with Gasteiger partial charge in [-0.3, -0.25) is 4.79 Å². The number of nitrogens with one attached hydrogen (secondary N) is 1. The molecule has 5 heteroatoms. The molecule has 1 N–H and O–H groups in total. The lowest BCUT2D eigenvalue weighted by Gasteiger charge is -2.16. The molecular formula is C20H16ClNO3. The van der Waals surface area contributed by atoms with Crippen molar-refractivity contribution in [1.82, 2.24) is 5.32 Å². The Hall–Kier alpha value is -2.77. The Labute approximate surface area is 151 Å². The third-order valence-corrected chi connectivity index (χ3v) is 4.50. The number of hydrogen-bond acceptors (Lipinski definition) is 3. The van der Waals surface area contributed by atoms with E-state index in [2.05, 4.69) is 23.4 Å². The van der Waals surface area contributed by atoms with Crippen molar-refractivity contribution in [2.45, 2.75) is 18.4 Å². The number of ether oxygens (including phenoxy) is 1. The Morgan fingerprint density at radius 2 is 1.68 bits per heavy atom. The largest absolute Gasteiger partial charge is 0.449 e. The Balaban J connectivity index is 1.72. The van der Waals surface area contributed by atoms with E-state index in [-0.39, 0.29) is 18.9 Å². The summed E-state index contributed by atoms with van der Waals surface area (Å²) in [6.07, 6.45) is 4.48. The molecule has 1 aliphatic carbocycles. The lowest BCUT2D eigenvalue weighted by Crippen LogP contribution is -2.39. The monoisotopic (exact) mass is 353 g/mol. The second-order valence-electron chi connectivity index (χ2n) is 5.73. The number of carbonyl (C=O) groups is 2. The van der Waals surface area contributed by atoms with Crippen molar-refractivity contribution in [1.29, 1.82) is 0 Å². The normalized spacial score (nSPS) is 13.3. The van der Waals surface area contributed by atoms with Gasteiger partial charge in [0.1, 0.15) is 12.6 Å². The van der Waals surface area contributed by atoms with E-state index in [1.165, 1.54) is 0 Å². The first-order valence-corrected chi connectivity index (χ1v) is 8.24. The summed E-state index contributed by atoms with van der Waals surface area (Å²) in [5.74, 6) is 2.26. The van der Waals surface area contributed by atoms with E-state index >= 15 is 0 Å². The molecule has 0 heterocycles. The van der Waals surface area contributed by atoms with Crippen LogP contribution in [0.4, 0.5) is 4.79 Å². The van der Waals surface area contributed by atoms with Gasteiger partial charge in [0.15, 0.2) is 0 Å². The topological polar surface area (TPSA) is 55.4 Å². The third-order valence-electron chi connectivity index (χ3n) is 4.23. The molecule has 1 atom stereocenters. The van der Waals surface area contributed by atoms with E-state index in [1.807, 2.05) is 36.4 Å². The number of carbonyl (C=O) groups excluding carboxylic acids is 2. The van der Waals surface area contributed by atoms with E-state index in [1.54, 1.807) is 0 Å². The standard InChI is InChI=1S/C20H16ClNO3/c1-2-7-18(19(21)23)22-20(24)25-12-17-15-10-5-3-8-13(15)14-9-4-6-11-16(14)17/h1,3-6,8-11,17-18H,7,12H2,(H,22,24)/t18-/m0/s1. The molecule has 4 nitrogen and oxygen atoms in total. The van der Waals surface area contributed by atoms with Crippen LogP contribution in [0.5, 0.6) is 0 Å². The fourth-order valence-corrected chi connectivity index (χ4v) is 3.22. The van der Waals surface area contributed by atoms with E-state index < -0.39 is 17.4 Å². The fourth-order valence-electron chi connectivity index (χ4n) is 3.09. The number of alkyl carbamates (subject to hydrolysis) is 1. The van der Waals surface area contributed by atoms with Crippen molar-refractivity contribution >= 4 is 22.9 Å². The average molecular weight is 354 g/mol. The zero-order valence-electron chi connectivity index (χ0n) is 13.4. The molecule has 0 spiro atoms. The summed E-state index contributed by atoms with van der Waals surface area (Å²) in [7, 11) is 0.